The van der Waals surface area contributed by atoms with Gasteiger partial charge in [0.05, 0.1) is 0 Å². The lowest BCUT2D eigenvalue weighted by Crippen LogP contribution is -2.33. The minimum absolute atomic E-state index is 0. The lowest BCUT2D eigenvalue weighted by Gasteiger charge is -2.10. The molecule has 1 saturated carbocycles. The van der Waals surface area contributed by atoms with E-state index in [1.165, 1.54) is 12.8 Å². The lowest BCUT2D eigenvalue weighted by atomic mass is 10.2. The van der Waals surface area contributed by atoms with Crippen LogP contribution in [0.4, 0.5) is 0 Å². The van der Waals surface area contributed by atoms with Crippen LogP contribution in [0, 0.1) is 0 Å². The Labute approximate surface area is 79.5 Å². The van der Waals surface area contributed by atoms with Crippen LogP contribution in [-0.4, -0.2) is 18.5 Å². The Bertz CT molecular complexity index is 135. The zero-order chi connectivity index (χ0) is 8.10. The third-order valence-corrected chi connectivity index (χ3v) is 2.09. The molecule has 1 fully saturated rings. The van der Waals surface area contributed by atoms with Gasteiger partial charge in [-0.1, -0.05) is 12.8 Å². The van der Waals surface area contributed by atoms with Gasteiger partial charge in [0.25, 0.3) is 0 Å². The Hall–Kier alpha value is -0.280. The minimum atomic E-state index is 0. The molecule has 0 unspecified atom stereocenters. The molecule has 0 aromatic carbocycles. The van der Waals surface area contributed by atoms with Gasteiger partial charge in [-0.15, -0.1) is 12.4 Å². The zero-order valence-corrected chi connectivity index (χ0v) is 8.03. The molecule has 1 amide bonds. The molecule has 4 heteroatoms. The Kier molecular flexibility index (Phi) is 6.11. The van der Waals surface area contributed by atoms with Gasteiger partial charge in [0.15, 0.2) is 0 Å². The Morgan fingerprint density at radius 2 is 2.00 bits per heavy atom. The van der Waals surface area contributed by atoms with Gasteiger partial charge in [0, 0.05) is 19.0 Å². The Morgan fingerprint density at radius 3 is 2.50 bits per heavy atom. The molecule has 0 radical (unpaired) electrons. The predicted octanol–water partition coefficient (Wildman–Crippen LogP) is 0.816. The molecule has 12 heavy (non-hydrogen) atoms. The van der Waals surface area contributed by atoms with Crippen LogP contribution in [-0.2, 0) is 4.79 Å². The average molecular weight is 193 g/mol. The number of hydrogen-bond acceptors (Lipinski definition) is 2. The standard InChI is InChI=1S/C8H16N2O.ClH/c9-6-5-8(11)10-7-3-1-2-4-7;/h7H,1-6,9H2,(H,10,11);1H. The van der Waals surface area contributed by atoms with Crippen molar-refractivity contribution in [3.8, 4) is 0 Å². The first-order valence-corrected chi connectivity index (χ1v) is 4.32. The molecule has 3 nitrogen and oxygen atoms in total. The van der Waals surface area contributed by atoms with Gasteiger partial charge in [0.1, 0.15) is 0 Å². The molecular formula is C8H17ClN2O. The maximum Gasteiger partial charge on any atom is 0.221 e. The molecule has 0 heterocycles. The molecule has 1 aliphatic rings. The molecular weight excluding hydrogens is 176 g/mol. The van der Waals surface area contributed by atoms with Crippen LogP contribution >= 0.6 is 12.4 Å². The largest absolute Gasteiger partial charge is 0.353 e. The van der Waals surface area contributed by atoms with E-state index in [0.717, 1.165) is 12.8 Å². The van der Waals surface area contributed by atoms with Crippen LogP contribution in [0.3, 0.4) is 0 Å². The highest BCUT2D eigenvalue weighted by Gasteiger charge is 2.15. The van der Waals surface area contributed by atoms with E-state index in [9.17, 15) is 4.79 Å². The molecule has 0 bridgehead atoms. The highest BCUT2D eigenvalue weighted by atomic mass is 35.5. The van der Waals surface area contributed by atoms with Gasteiger partial charge >= 0.3 is 0 Å². The summed E-state index contributed by atoms with van der Waals surface area (Å²) in [6.45, 7) is 0.457. The molecule has 0 aromatic rings. The first-order chi connectivity index (χ1) is 5.33. The Morgan fingerprint density at radius 1 is 1.42 bits per heavy atom. The van der Waals surface area contributed by atoms with Crippen molar-refractivity contribution in [2.24, 2.45) is 5.73 Å². The van der Waals surface area contributed by atoms with Crippen LogP contribution in [0.25, 0.3) is 0 Å². The summed E-state index contributed by atoms with van der Waals surface area (Å²) < 4.78 is 0. The second kappa shape index (κ2) is 6.26. The van der Waals surface area contributed by atoms with Crippen LogP contribution < -0.4 is 11.1 Å². The SMILES string of the molecule is Cl.NCCC(=O)NC1CCCC1. The number of rotatable bonds is 3. The van der Waals surface area contributed by atoms with Crippen LogP contribution in [0.15, 0.2) is 0 Å². The fourth-order valence-corrected chi connectivity index (χ4v) is 1.50. The average Bonchev–Trinajstić information content (AvgIpc) is 2.40. The second-order valence-electron chi connectivity index (χ2n) is 3.09. The number of amides is 1. The van der Waals surface area contributed by atoms with Crippen LogP contribution in [0.5, 0.6) is 0 Å². The normalized spacial score (nSPS) is 17.1. The van der Waals surface area contributed by atoms with E-state index in [1.54, 1.807) is 0 Å². The van der Waals surface area contributed by atoms with E-state index >= 15 is 0 Å². The smallest absolute Gasteiger partial charge is 0.221 e. The maximum atomic E-state index is 11.0. The van der Waals surface area contributed by atoms with E-state index in [2.05, 4.69) is 5.32 Å². The van der Waals surface area contributed by atoms with E-state index < -0.39 is 0 Å². The second-order valence-corrected chi connectivity index (χ2v) is 3.09. The molecule has 0 aliphatic heterocycles. The monoisotopic (exact) mass is 192 g/mol. The van der Waals surface area contributed by atoms with Gasteiger partial charge in [-0.25, -0.2) is 0 Å². The van der Waals surface area contributed by atoms with Gasteiger partial charge in [0.2, 0.25) is 5.91 Å². The molecule has 0 atom stereocenters. The van der Waals surface area contributed by atoms with Gasteiger partial charge in [-0.2, -0.15) is 0 Å². The van der Waals surface area contributed by atoms with Crippen molar-refractivity contribution in [3.63, 3.8) is 0 Å². The van der Waals surface area contributed by atoms with Crippen LogP contribution in [0.1, 0.15) is 32.1 Å². The summed E-state index contributed by atoms with van der Waals surface area (Å²) in [6.07, 6.45) is 5.28. The van der Waals surface area contributed by atoms with Gasteiger partial charge in [-0.05, 0) is 12.8 Å². The third-order valence-electron chi connectivity index (χ3n) is 2.09. The van der Waals surface area contributed by atoms with Crippen molar-refractivity contribution in [1.82, 2.24) is 5.32 Å². The molecule has 72 valence electrons. The zero-order valence-electron chi connectivity index (χ0n) is 7.21. The van der Waals surface area contributed by atoms with Crippen LogP contribution in [0.2, 0.25) is 0 Å². The third kappa shape index (κ3) is 3.93. The lowest BCUT2D eigenvalue weighted by molar-refractivity contribution is -0.121. The highest BCUT2D eigenvalue weighted by Crippen LogP contribution is 2.17. The minimum Gasteiger partial charge on any atom is -0.353 e. The molecule has 1 aliphatic carbocycles. The van der Waals surface area contributed by atoms with E-state index in [0.29, 0.717) is 19.0 Å². The molecule has 0 spiro atoms. The molecule has 1 rings (SSSR count). The number of nitrogens with two attached hydrogens (primary N) is 1. The van der Waals surface area contributed by atoms with Crippen molar-refractivity contribution < 1.29 is 4.79 Å². The summed E-state index contributed by atoms with van der Waals surface area (Å²) in [5, 5.41) is 2.96. The summed E-state index contributed by atoms with van der Waals surface area (Å²) >= 11 is 0. The van der Waals surface area contributed by atoms with E-state index in [1.807, 2.05) is 0 Å². The first-order valence-electron chi connectivity index (χ1n) is 4.32. The number of hydrogen-bond donors (Lipinski definition) is 2. The van der Waals surface area contributed by atoms with E-state index in [-0.39, 0.29) is 18.3 Å². The summed E-state index contributed by atoms with van der Waals surface area (Å²) in [4.78, 5) is 11.0. The molecule has 0 saturated heterocycles. The highest BCUT2D eigenvalue weighted by molar-refractivity contribution is 5.85. The number of carbonyl (C=O) groups is 1. The summed E-state index contributed by atoms with van der Waals surface area (Å²) in [5.41, 5.74) is 5.24. The fourth-order valence-electron chi connectivity index (χ4n) is 1.50. The predicted molar refractivity (Wildman–Crippen MR) is 51.3 cm³/mol. The fraction of sp³-hybridized carbons (Fsp3) is 0.875. The van der Waals surface area contributed by atoms with Crippen molar-refractivity contribution in [2.45, 2.75) is 38.1 Å². The Balaban J connectivity index is 0.00000121. The topological polar surface area (TPSA) is 55.1 Å². The van der Waals surface area contributed by atoms with Crippen molar-refractivity contribution in [1.29, 1.82) is 0 Å². The van der Waals surface area contributed by atoms with Gasteiger partial charge in [-0.3, -0.25) is 4.79 Å². The van der Waals surface area contributed by atoms with Crippen molar-refractivity contribution in [3.05, 3.63) is 0 Å². The first kappa shape index (κ1) is 11.7. The quantitative estimate of drug-likeness (QED) is 0.696. The van der Waals surface area contributed by atoms with Crippen molar-refractivity contribution >= 4 is 18.3 Å². The summed E-state index contributed by atoms with van der Waals surface area (Å²) in [7, 11) is 0. The number of carbonyl (C=O) groups excluding carboxylic acids is 1. The van der Waals surface area contributed by atoms with Gasteiger partial charge < -0.3 is 11.1 Å². The number of nitrogens with one attached hydrogen (secondary N) is 1. The molecule has 3 N–H and O–H groups in total. The number of halogens is 1. The molecule has 0 aromatic heterocycles. The summed E-state index contributed by atoms with van der Waals surface area (Å²) in [6, 6.07) is 0.439. The maximum absolute atomic E-state index is 11.0. The summed E-state index contributed by atoms with van der Waals surface area (Å²) in [5.74, 6) is 0.111. The van der Waals surface area contributed by atoms with E-state index in [4.69, 9.17) is 5.73 Å². The van der Waals surface area contributed by atoms with Crippen molar-refractivity contribution in [2.75, 3.05) is 6.54 Å².